The van der Waals surface area contributed by atoms with Gasteiger partial charge in [-0.2, -0.15) is 0 Å². The molecule has 0 radical (unpaired) electrons. The molecule has 0 aliphatic carbocycles. The zero-order valence-electron chi connectivity index (χ0n) is 13.2. The lowest BCUT2D eigenvalue weighted by Crippen LogP contribution is -2.13. The molecule has 3 aromatic carbocycles. The summed E-state index contributed by atoms with van der Waals surface area (Å²) in [5.41, 5.74) is 1.31. The molecule has 4 nitrogen and oxygen atoms in total. The van der Waals surface area contributed by atoms with Crippen molar-refractivity contribution < 1.29 is 19.1 Å². The van der Waals surface area contributed by atoms with E-state index in [1.54, 1.807) is 24.3 Å². The van der Waals surface area contributed by atoms with E-state index in [2.05, 4.69) is 0 Å². The molecule has 0 heterocycles. The highest BCUT2D eigenvalue weighted by Gasteiger charge is 2.18. The maximum Gasteiger partial charge on any atom is 0.339 e. The number of hydrogen-bond donors (Lipinski definition) is 0. The Hall–Kier alpha value is -3.14. The predicted octanol–water partition coefficient (Wildman–Crippen LogP) is 3.98. The van der Waals surface area contributed by atoms with Gasteiger partial charge < -0.3 is 9.47 Å². The first-order valence-corrected chi connectivity index (χ1v) is 7.52. The van der Waals surface area contributed by atoms with Crippen molar-refractivity contribution in [2.45, 2.75) is 6.61 Å². The van der Waals surface area contributed by atoms with Gasteiger partial charge in [-0.1, -0.05) is 54.6 Å². The van der Waals surface area contributed by atoms with Crippen molar-refractivity contribution in [1.82, 2.24) is 0 Å². The monoisotopic (exact) mass is 320 g/mol. The van der Waals surface area contributed by atoms with Crippen molar-refractivity contribution in [2.24, 2.45) is 0 Å². The summed E-state index contributed by atoms with van der Waals surface area (Å²) in [4.78, 5) is 24.1. The fourth-order valence-corrected chi connectivity index (χ4v) is 2.59. The van der Waals surface area contributed by atoms with Gasteiger partial charge in [-0.25, -0.2) is 9.59 Å². The summed E-state index contributed by atoms with van der Waals surface area (Å²) in [5, 5.41) is 2.12. The van der Waals surface area contributed by atoms with E-state index in [0.717, 1.165) is 16.3 Å². The van der Waals surface area contributed by atoms with Crippen LogP contribution in [0.1, 0.15) is 26.3 Å². The Kier molecular flexibility index (Phi) is 4.57. The molecule has 0 saturated heterocycles. The third-order valence-corrected chi connectivity index (χ3v) is 3.79. The molecule has 0 saturated carbocycles. The molecule has 3 rings (SSSR count). The van der Waals surface area contributed by atoms with Gasteiger partial charge in [-0.3, -0.25) is 0 Å². The van der Waals surface area contributed by atoms with E-state index < -0.39 is 11.9 Å². The Morgan fingerprint density at radius 3 is 2.17 bits per heavy atom. The van der Waals surface area contributed by atoms with E-state index in [4.69, 9.17) is 9.47 Å². The summed E-state index contributed by atoms with van der Waals surface area (Å²) in [6.07, 6.45) is 0. The molecule has 0 unspecified atom stereocenters. The minimum atomic E-state index is -0.562. The molecular weight excluding hydrogens is 304 g/mol. The van der Waals surface area contributed by atoms with E-state index in [1.165, 1.54) is 7.11 Å². The number of rotatable bonds is 4. The van der Waals surface area contributed by atoms with Crippen molar-refractivity contribution >= 4 is 22.7 Å². The Balaban J connectivity index is 1.82. The van der Waals surface area contributed by atoms with Crippen LogP contribution in [0.4, 0.5) is 0 Å². The fourth-order valence-electron chi connectivity index (χ4n) is 2.59. The van der Waals surface area contributed by atoms with Crippen LogP contribution in [0.15, 0.2) is 66.7 Å². The first kappa shape index (κ1) is 15.7. The van der Waals surface area contributed by atoms with Crippen LogP contribution in [0.5, 0.6) is 0 Å². The van der Waals surface area contributed by atoms with Crippen LogP contribution in [0.3, 0.4) is 0 Å². The second-order valence-corrected chi connectivity index (χ2v) is 5.25. The highest BCUT2D eigenvalue weighted by atomic mass is 16.5. The summed E-state index contributed by atoms with van der Waals surface area (Å²) in [5.74, 6) is -1.11. The average molecular weight is 320 g/mol. The molecule has 3 aromatic rings. The van der Waals surface area contributed by atoms with Crippen molar-refractivity contribution in [3.05, 3.63) is 83.4 Å². The van der Waals surface area contributed by atoms with Crippen LogP contribution < -0.4 is 0 Å². The average Bonchev–Trinajstić information content (AvgIpc) is 2.65. The van der Waals surface area contributed by atoms with Crippen molar-refractivity contribution in [2.75, 3.05) is 7.11 Å². The van der Waals surface area contributed by atoms with Gasteiger partial charge in [0.2, 0.25) is 0 Å². The number of methoxy groups -OCH3 is 1. The Morgan fingerprint density at radius 2 is 1.42 bits per heavy atom. The Bertz CT molecular complexity index is 894. The minimum absolute atomic E-state index is 0.135. The number of hydrogen-bond acceptors (Lipinski definition) is 4. The lowest BCUT2D eigenvalue weighted by molar-refractivity contribution is 0.0459. The quantitative estimate of drug-likeness (QED) is 0.682. The van der Waals surface area contributed by atoms with Crippen LogP contribution in [0, 0.1) is 0 Å². The Morgan fingerprint density at radius 1 is 0.792 bits per heavy atom. The van der Waals surface area contributed by atoms with Crippen LogP contribution >= 0.6 is 0 Å². The zero-order valence-corrected chi connectivity index (χ0v) is 13.2. The molecule has 120 valence electrons. The summed E-state index contributed by atoms with van der Waals surface area (Å²) in [7, 11) is 1.28. The van der Waals surface area contributed by atoms with Gasteiger partial charge in [0.15, 0.2) is 0 Å². The van der Waals surface area contributed by atoms with Gasteiger partial charge >= 0.3 is 11.9 Å². The number of carbonyl (C=O) groups is 2. The van der Waals surface area contributed by atoms with E-state index in [0.29, 0.717) is 0 Å². The van der Waals surface area contributed by atoms with E-state index >= 15 is 0 Å². The van der Waals surface area contributed by atoms with Crippen molar-refractivity contribution in [3.63, 3.8) is 0 Å². The number of benzene rings is 3. The molecule has 0 spiro atoms. The van der Waals surface area contributed by atoms with E-state index in [9.17, 15) is 9.59 Å². The van der Waals surface area contributed by atoms with Gasteiger partial charge in [-0.15, -0.1) is 0 Å². The van der Waals surface area contributed by atoms with Crippen LogP contribution in [0.25, 0.3) is 10.8 Å². The van der Waals surface area contributed by atoms with Gasteiger partial charge in [0.05, 0.1) is 18.2 Å². The molecule has 0 fully saturated rings. The molecular formula is C20H16O4. The molecule has 24 heavy (non-hydrogen) atoms. The molecule has 0 aromatic heterocycles. The third kappa shape index (κ3) is 3.13. The molecule has 0 aliphatic rings. The lowest BCUT2D eigenvalue weighted by atomic mass is 10.1. The van der Waals surface area contributed by atoms with Gasteiger partial charge in [-0.05, 0) is 28.5 Å². The summed E-state index contributed by atoms with van der Waals surface area (Å²) < 4.78 is 10.1. The van der Waals surface area contributed by atoms with Crippen LogP contribution in [-0.2, 0) is 16.1 Å². The standard InChI is InChI=1S/C20H16O4/c1-23-19(21)17-11-4-5-12-18(17)20(22)24-13-15-9-6-8-14-7-2-3-10-16(14)15/h2-12H,13H2,1H3. The van der Waals surface area contributed by atoms with Crippen LogP contribution in [-0.4, -0.2) is 19.0 Å². The highest BCUT2D eigenvalue weighted by Crippen LogP contribution is 2.20. The topological polar surface area (TPSA) is 52.6 Å². The summed E-state index contributed by atoms with van der Waals surface area (Å²) in [6, 6.07) is 20.2. The van der Waals surface area contributed by atoms with E-state index in [1.807, 2.05) is 42.5 Å². The highest BCUT2D eigenvalue weighted by molar-refractivity contribution is 6.03. The first-order valence-electron chi connectivity index (χ1n) is 7.52. The maximum absolute atomic E-state index is 12.4. The third-order valence-electron chi connectivity index (χ3n) is 3.79. The van der Waals surface area contributed by atoms with Crippen LogP contribution in [0.2, 0.25) is 0 Å². The molecule has 0 amide bonds. The predicted molar refractivity (Wildman–Crippen MR) is 90.8 cm³/mol. The largest absolute Gasteiger partial charge is 0.465 e. The zero-order chi connectivity index (χ0) is 16.9. The second kappa shape index (κ2) is 6.96. The number of ether oxygens (including phenoxy) is 2. The minimum Gasteiger partial charge on any atom is -0.465 e. The first-order chi connectivity index (χ1) is 11.7. The smallest absolute Gasteiger partial charge is 0.339 e. The Labute approximate surface area is 139 Å². The van der Waals surface area contributed by atoms with Gasteiger partial charge in [0.1, 0.15) is 6.61 Å². The fraction of sp³-hybridized carbons (Fsp3) is 0.100. The summed E-state index contributed by atoms with van der Waals surface area (Å²) >= 11 is 0. The summed E-state index contributed by atoms with van der Waals surface area (Å²) in [6.45, 7) is 0.135. The molecule has 0 atom stereocenters. The number of carbonyl (C=O) groups excluding carboxylic acids is 2. The van der Waals surface area contributed by atoms with Gasteiger partial charge in [0, 0.05) is 0 Å². The molecule has 0 N–H and O–H groups in total. The SMILES string of the molecule is COC(=O)c1ccccc1C(=O)OCc1cccc2ccccc12. The molecule has 0 bridgehead atoms. The molecule has 4 heteroatoms. The number of esters is 2. The molecule has 0 aliphatic heterocycles. The lowest BCUT2D eigenvalue weighted by Gasteiger charge is -2.10. The second-order valence-electron chi connectivity index (χ2n) is 5.25. The van der Waals surface area contributed by atoms with Crippen molar-refractivity contribution in [3.8, 4) is 0 Å². The van der Waals surface area contributed by atoms with Gasteiger partial charge in [0.25, 0.3) is 0 Å². The normalized spacial score (nSPS) is 10.4. The van der Waals surface area contributed by atoms with E-state index in [-0.39, 0.29) is 17.7 Å². The maximum atomic E-state index is 12.4. The van der Waals surface area contributed by atoms with Crippen molar-refractivity contribution in [1.29, 1.82) is 0 Å². The number of fused-ring (bicyclic) bond motifs is 1.